The maximum Gasteiger partial charge on any atom is 0.336 e. The molecule has 0 amide bonds. The largest absolute Gasteiger partial charge is 0.554 e. The lowest BCUT2D eigenvalue weighted by atomic mass is 9.96. The Balaban J connectivity index is -0.000000245. The van der Waals surface area contributed by atoms with Gasteiger partial charge >= 0.3 is 23.9 Å². The first-order valence-electron chi connectivity index (χ1n) is 9.09. The molecule has 2 atom stereocenters. The van der Waals surface area contributed by atoms with Gasteiger partial charge in [0, 0.05) is 13.4 Å². The van der Waals surface area contributed by atoms with Crippen molar-refractivity contribution < 1.29 is 73.7 Å². The Hall–Kier alpha value is -3.30. The van der Waals surface area contributed by atoms with E-state index >= 15 is 0 Å². The number of aliphatic hydroxyl groups excluding tert-OH is 1. The monoisotopic (exact) mass is 487 g/mol. The van der Waals surface area contributed by atoms with Gasteiger partial charge in [0.2, 0.25) is 0 Å². The average molecular weight is 487 g/mol. The van der Waals surface area contributed by atoms with Crippen molar-refractivity contribution in [1.29, 1.82) is 0 Å². The molecule has 0 aliphatic heterocycles. The number of likely N-dealkylation sites (N-methyl/N-ethyl adjacent to an activating group) is 1. The molecule has 0 radical (unpaired) electrons. The highest BCUT2D eigenvalue weighted by atomic mass is 16.5. The highest BCUT2D eigenvalue weighted by Gasteiger charge is 2.41. The van der Waals surface area contributed by atoms with Crippen LogP contribution in [0.15, 0.2) is 0 Å². The molecule has 0 rings (SSSR count). The summed E-state index contributed by atoms with van der Waals surface area (Å²) in [6.45, 7) is 2.76. The number of esters is 1. The molecule has 0 bridgehead atoms. The normalized spacial score (nSPS) is 12.3. The van der Waals surface area contributed by atoms with Crippen molar-refractivity contribution in [2.24, 2.45) is 0 Å². The number of carbonyl (C=O) groups is 6. The Morgan fingerprint density at radius 2 is 1.42 bits per heavy atom. The first-order chi connectivity index (χ1) is 14.8. The molecule has 0 fully saturated rings. The minimum Gasteiger partial charge on any atom is -0.554 e. The number of carboxylic acid groups (broad SMARTS) is 5. The number of ether oxygens (including phenoxy) is 1. The molecule has 2 unspecified atom stereocenters. The topological polar surface area (TPSA) is 256 Å². The van der Waals surface area contributed by atoms with Gasteiger partial charge in [0.25, 0.3) is 5.97 Å². The number of quaternary nitrogens is 1. The van der Waals surface area contributed by atoms with E-state index in [4.69, 9.17) is 45.0 Å². The number of aliphatic carboxylic acids is 4. The summed E-state index contributed by atoms with van der Waals surface area (Å²) in [5, 5.41) is 58.8. The van der Waals surface area contributed by atoms with Crippen molar-refractivity contribution in [1.82, 2.24) is 0 Å². The number of hydrogen-bond donors (Lipinski definition) is 6. The predicted octanol–water partition coefficient (Wildman–Crippen LogP) is -2.78. The van der Waals surface area contributed by atoms with Crippen molar-refractivity contribution >= 4 is 36.3 Å². The van der Waals surface area contributed by atoms with Gasteiger partial charge in [-0.2, -0.15) is 0 Å². The van der Waals surface area contributed by atoms with E-state index in [1.54, 1.807) is 6.92 Å². The molecular weight excluding hydrogens is 454 g/mol. The van der Waals surface area contributed by atoms with Crippen LogP contribution in [0, 0.1) is 0 Å². The number of aliphatic hydroxyl groups is 2. The highest BCUT2D eigenvalue weighted by molar-refractivity contribution is 5.88. The molecule has 0 aliphatic carbocycles. The molecule has 0 aromatic heterocycles. The minimum absolute atomic E-state index is 0.0606. The smallest absolute Gasteiger partial charge is 0.336 e. The molecule has 6 N–H and O–H groups in total. The fraction of sp³-hybridized carbons (Fsp3) is 0.667. The van der Waals surface area contributed by atoms with Gasteiger partial charge in [-0.15, -0.1) is 0 Å². The third-order valence-corrected chi connectivity index (χ3v) is 2.98. The first-order valence-corrected chi connectivity index (χ1v) is 9.09. The molecule has 0 heterocycles. The molecule has 15 heteroatoms. The SMILES string of the molecule is CC(=O)O.CCC(O)C(=O)O.C[N+](C)(C)CCOC(=O)CC(O)(CC(=O)O)C(=O)O.O=C[O-]. The summed E-state index contributed by atoms with van der Waals surface area (Å²) in [6.07, 6.45) is -2.87. The fourth-order valence-corrected chi connectivity index (χ4v) is 1.36. The first kappa shape index (κ1) is 37.0. The van der Waals surface area contributed by atoms with Gasteiger partial charge in [-0.3, -0.25) is 14.4 Å². The fourth-order valence-electron chi connectivity index (χ4n) is 1.36. The van der Waals surface area contributed by atoms with E-state index in [0.29, 0.717) is 11.0 Å². The second-order valence-electron chi connectivity index (χ2n) is 7.20. The van der Waals surface area contributed by atoms with E-state index in [1.165, 1.54) is 0 Å². The third-order valence-electron chi connectivity index (χ3n) is 2.98. The van der Waals surface area contributed by atoms with Crippen LogP contribution >= 0.6 is 0 Å². The molecule has 15 nitrogen and oxygen atoms in total. The zero-order valence-corrected chi connectivity index (χ0v) is 19.1. The summed E-state index contributed by atoms with van der Waals surface area (Å²) in [4.78, 5) is 59.6. The summed E-state index contributed by atoms with van der Waals surface area (Å²) >= 11 is 0. The van der Waals surface area contributed by atoms with Crippen molar-refractivity contribution in [3.63, 3.8) is 0 Å². The maximum absolute atomic E-state index is 11.4. The number of carboxylic acids is 4. The van der Waals surface area contributed by atoms with E-state index in [2.05, 4.69) is 0 Å². The van der Waals surface area contributed by atoms with Crippen molar-refractivity contribution in [3.8, 4) is 0 Å². The summed E-state index contributed by atoms with van der Waals surface area (Å²) in [5.41, 5.74) is -2.64. The van der Waals surface area contributed by atoms with Crippen LogP contribution in [0.2, 0.25) is 0 Å². The molecule has 0 spiro atoms. The molecule has 33 heavy (non-hydrogen) atoms. The summed E-state index contributed by atoms with van der Waals surface area (Å²) in [6, 6.07) is 0. The summed E-state index contributed by atoms with van der Waals surface area (Å²) in [7, 11) is 5.64. The lowest BCUT2D eigenvalue weighted by Gasteiger charge is -2.24. The van der Waals surface area contributed by atoms with Crippen LogP contribution in [0.5, 0.6) is 0 Å². The zero-order valence-electron chi connectivity index (χ0n) is 19.1. The predicted molar refractivity (Wildman–Crippen MR) is 107 cm³/mol. The number of carbonyl (C=O) groups excluding carboxylic acids is 2. The Kier molecular flexibility index (Phi) is 21.8. The van der Waals surface area contributed by atoms with Gasteiger partial charge in [-0.05, 0) is 6.42 Å². The van der Waals surface area contributed by atoms with Crippen molar-refractivity contribution in [2.45, 2.75) is 44.8 Å². The third kappa shape index (κ3) is 31.0. The average Bonchev–Trinajstić information content (AvgIpc) is 2.59. The number of hydrogen-bond acceptors (Lipinski definition) is 10. The van der Waals surface area contributed by atoms with Crippen molar-refractivity contribution in [3.05, 3.63) is 0 Å². The van der Waals surface area contributed by atoms with Gasteiger partial charge in [0.15, 0.2) is 11.7 Å². The van der Waals surface area contributed by atoms with E-state index < -0.39 is 60.9 Å². The Morgan fingerprint density at radius 3 is 1.64 bits per heavy atom. The van der Waals surface area contributed by atoms with Crippen LogP contribution in [0.25, 0.3) is 0 Å². The number of nitrogens with zero attached hydrogens (tertiary/aromatic N) is 1. The molecule has 0 aromatic carbocycles. The number of rotatable bonds is 10. The van der Waals surface area contributed by atoms with Gasteiger partial charge in [-0.25, -0.2) is 9.59 Å². The van der Waals surface area contributed by atoms with E-state index in [9.17, 15) is 24.3 Å². The standard InChI is InChI=1S/C11H19NO7.C4H8O3.C2H4O2.CH2O2/c1-12(2,3)4-5-19-9(15)7-11(18,10(16)17)6-8(13)14;1-2-3(5)4(6)7;1-2(3)4;2-1-3/h18H,4-7H2,1-3H3,(H-,13,14,16,17);3,5H,2H2,1H3,(H,6,7);1H3,(H,3,4);1H,(H,2,3). The maximum atomic E-state index is 11.4. The second-order valence-corrected chi connectivity index (χ2v) is 7.20. The summed E-state index contributed by atoms with van der Waals surface area (Å²) in [5.74, 6) is -6.20. The molecular formula is C18H33NO14. The minimum atomic E-state index is -2.64. The molecule has 0 aromatic rings. The Bertz CT molecular complexity index is 624. The van der Waals surface area contributed by atoms with Crippen LogP contribution in [-0.2, 0) is 33.5 Å². The van der Waals surface area contributed by atoms with E-state index in [0.717, 1.165) is 6.92 Å². The zero-order chi connectivity index (χ0) is 27.4. The van der Waals surface area contributed by atoms with Gasteiger partial charge in [0.1, 0.15) is 13.2 Å². The van der Waals surface area contributed by atoms with Crippen LogP contribution in [0.1, 0.15) is 33.1 Å². The van der Waals surface area contributed by atoms with Gasteiger partial charge in [0.05, 0.1) is 34.0 Å². The quantitative estimate of drug-likeness (QED) is 0.103. The second kappa shape index (κ2) is 19.4. The Morgan fingerprint density at radius 1 is 1.03 bits per heavy atom. The molecule has 0 saturated carbocycles. The molecule has 194 valence electrons. The van der Waals surface area contributed by atoms with E-state index in [1.807, 2.05) is 21.1 Å². The lowest BCUT2D eigenvalue weighted by Crippen LogP contribution is -2.43. The lowest BCUT2D eigenvalue weighted by molar-refractivity contribution is -0.870. The van der Waals surface area contributed by atoms with E-state index in [-0.39, 0.29) is 13.0 Å². The van der Waals surface area contributed by atoms with Gasteiger partial charge in [-0.1, -0.05) is 6.92 Å². The molecule has 0 saturated heterocycles. The summed E-state index contributed by atoms with van der Waals surface area (Å²) < 4.78 is 5.32. The van der Waals surface area contributed by atoms with Crippen LogP contribution in [0.3, 0.4) is 0 Å². The highest BCUT2D eigenvalue weighted by Crippen LogP contribution is 2.17. The van der Waals surface area contributed by atoms with Crippen LogP contribution < -0.4 is 5.11 Å². The van der Waals surface area contributed by atoms with Gasteiger partial charge < -0.3 is 49.8 Å². The molecule has 0 aliphatic rings. The van der Waals surface area contributed by atoms with Crippen LogP contribution in [0.4, 0.5) is 0 Å². The Labute approximate surface area is 190 Å². The van der Waals surface area contributed by atoms with Crippen LogP contribution in [-0.4, -0.2) is 117 Å². The van der Waals surface area contributed by atoms with Crippen molar-refractivity contribution in [2.75, 3.05) is 34.3 Å².